The van der Waals surface area contributed by atoms with Crippen molar-refractivity contribution in [3.63, 3.8) is 0 Å². The van der Waals surface area contributed by atoms with Crippen molar-refractivity contribution in [3.05, 3.63) is 0 Å². The molecule has 6 atom stereocenters. The molecule has 0 spiro atoms. The number of rotatable bonds is 11. The Labute approximate surface area is 154 Å². The Balaban J connectivity index is 2.92. The van der Waals surface area contributed by atoms with E-state index in [2.05, 4.69) is 16.0 Å². The maximum atomic E-state index is 10.8. The van der Waals surface area contributed by atoms with Crippen molar-refractivity contribution >= 4 is 11.9 Å². The zero-order chi connectivity index (χ0) is 20.7. The summed E-state index contributed by atoms with van der Waals surface area (Å²) in [7, 11) is 0. The summed E-state index contributed by atoms with van der Waals surface area (Å²) in [5, 5.41) is 84.0. The first-order chi connectivity index (χ1) is 12.6. The van der Waals surface area contributed by atoms with Crippen LogP contribution in [0.4, 0.5) is 0 Å². The number of aliphatic hydroxyl groups is 6. The van der Waals surface area contributed by atoms with Crippen LogP contribution in [0.3, 0.4) is 0 Å². The Kier molecular flexibility index (Phi) is 9.44. The molecule has 0 aromatic rings. The predicted octanol–water partition coefficient (Wildman–Crippen LogP) is -6.16. The minimum Gasteiger partial charge on any atom is -0.480 e. The SMILES string of the molecule is O=C(O)CNC1C(O)C(NCC(=O)O)C(O)C(NCC(O)[C@H](O)CO)C1O. The highest BCUT2D eigenvalue weighted by Gasteiger charge is 2.49. The lowest BCUT2D eigenvalue weighted by Gasteiger charge is -2.47. The van der Waals surface area contributed by atoms with Crippen molar-refractivity contribution in [1.29, 1.82) is 0 Å². The van der Waals surface area contributed by atoms with E-state index in [0.717, 1.165) is 0 Å². The second-order valence-electron chi connectivity index (χ2n) is 6.32. The molecule has 158 valence electrons. The van der Waals surface area contributed by atoms with Crippen molar-refractivity contribution in [2.24, 2.45) is 0 Å². The Morgan fingerprint density at radius 1 is 0.741 bits per heavy atom. The van der Waals surface area contributed by atoms with Gasteiger partial charge < -0.3 is 46.2 Å². The number of carboxylic acid groups (broad SMARTS) is 2. The molecule has 13 nitrogen and oxygen atoms in total. The summed E-state index contributed by atoms with van der Waals surface area (Å²) in [6.45, 7) is -2.30. The van der Waals surface area contributed by atoms with Crippen molar-refractivity contribution in [2.45, 2.75) is 48.6 Å². The van der Waals surface area contributed by atoms with Crippen LogP contribution in [0.5, 0.6) is 0 Å². The van der Waals surface area contributed by atoms with Crippen LogP contribution in [0.25, 0.3) is 0 Å². The summed E-state index contributed by atoms with van der Waals surface area (Å²) in [6.07, 6.45) is -7.47. The lowest BCUT2D eigenvalue weighted by Crippen LogP contribution is -2.74. The first kappa shape index (κ1) is 23.6. The summed E-state index contributed by atoms with van der Waals surface area (Å²) in [5.74, 6) is -2.52. The van der Waals surface area contributed by atoms with Crippen LogP contribution in [-0.2, 0) is 9.59 Å². The summed E-state index contributed by atoms with van der Waals surface area (Å²) in [6, 6.07) is -3.70. The highest BCUT2D eigenvalue weighted by molar-refractivity contribution is 5.69. The quantitative estimate of drug-likeness (QED) is 0.156. The van der Waals surface area contributed by atoms with Crippen LogP contribution in [0.15, 0.2) is 0 Å². The molecule has 1 aliphatic carbocycles. The number of carbonyl (C=O) groups is 2. The molecule has 1 fully saturated rings. The molecular formula is C14H27N3O10. The third kappa shape index (κ3) is 6.60. The van der Waals surface area contributed by atoms with Gasteiger partial charge in [0.05, 0.1) is 62.2 Å². The third-order valence-corrected chi connectivity index (χ3v) is 4.38. The number of hydrogen-bond acceptors (Lipinski definition) is 11. The minimum absolute atomic E-state index is 0.353. The van der Waals surface area contributed by atoms with Gasteiger partial charge in [0, 0.05) is 6.54 Å². The topological polar surface area (TPSA) is 232 Å². The zero-order valence-corrected chi connectivity index (χ0v) is 14.3. The van der Waals surface area contributed by atoms with Gasteiger partial charge in [0.15, 0.2) is 0 Å². The predicted molar refractivity (Wildman–Crippen MR) is 87.8 cm³/mol. The number of carboxylic acids is 2. The minimum atomic E-state index is -1.53. The Morgan fingerprint density at radius 2 is 1.11 bits per heavy atom. The number of aliphatic carboxylic acids is 2. The van der Waals surface area contributed by atoms with E-state index in [1.54, 1.807) is 0 Å². The Hall–Kier alpha value is -1.42. The molecule has 0 saturated heterocycles. The average Bonchev–Trinajstić information content (AvgIpc) is 2.59. The monoisotopic (exact) mass is 397 g/mol. The second kappa shape index (κ2) is 10.8. The van der Waals surface area contributed by atoms with Crippen molar-refractivity contribution in [3.8, 4) is 0 Å². The molecule has 5 unspecified atom stereocenters. The van der Waals surface area contributed by atoms with Gasteiger partial charge in [-0.1, -0.05) is 0 Å². The summed E-state index contributed by atoms with van der Waals surface area (Å²) in [5.41, 5.74) is 0. The van der Waals surface area contributed by atoms with Gasteiger partial charge >= 0.3 is 11.9 Å². The van der Waals surface area contributed by atoms with Gasteiger partial charge in [-0.3, -0.25) is 20.2 Å². The van der Waals surface area contributed by atoms with Crippen molar-refractivity contribution < 1.29 is 50.4 Å². The fraction of sp³-hybridized carbons (Fsp3) is 0.857. The maximum Gasteiger partial charge on any atom is 0.317 e. The van der Waals surface area contributed by atoms with E-state index in [9.17, 15) is 35.1 Å². The first-order valence-corrected chi connectivity index (χ1v) is 8.25. The van der Waals surface area contributed by atoms with E-state index in [1.807, 2.05) is 0 Å². The number of nitrogens with one attached hydrogen (secondary N) is 3. The zero-order valence-electron chi connectivity index (χ0n) is 14.3. The standard InChI is InChI=1S/C14H27N3O10/c18-4-6(20)5(19)1-15-9-12(25)10(16-2-7(21)22)14(27)11(13(9)26)17-3-8(23)24/h5-6,9-20,25-27H,1-4H2,(H,21,22)(H,23,24)/t5?,6-,9?,10?,11?,12?,13?,14?/m1/s1. The summed E-state index contributed by atoms with van der Waals surface area (Å²) >= 11 is 0. The third-order valence-electron chi connectivity index (χ3n) is 4.38. The normalized spacial score (nSPS) is 33.4. The van der Waals surface area contributed by atoms with Gasteiger partial charge in [0.25, 0.3) is 0 Å². The largest absolute Gasteiger partial charge is 0.480 e. The van der Waals surface area contributed by atoms with E-state index < -0.39 is 80.3 Å². The van der Waals surface area contributed by atoms with Crippen molar-refractivity contribution in [2.75, 3.05) is 26.2 Å². The molecule has 0 radical (unpaired) electrons. The highest BCUT2D eigenvalue weighted by Crippen LogP contribution is 2.22. The van der Waals surface area contributed by atoms with E-state index in [4.69, 9.17) is 15.3 Å². The molecule has 0 bridgehead atoms. The van der Waals surface area contributed by atoms with Gasteiger partial charge in [-0.15, -0.1) is 0 Å². The van der Waals surface area contributed by atoms with Crippen molar-refractivity contribution in [1.82, 2.24) is 16.0 Å². The molecule has 0 aromatic carbocycles. The van der Waals surface area contributed by atoms with Crippen LogP contribution in [-0.4, -0.2) is 128 Å². The van der Waals surface area contributed by atoms with Gasteiger partial charge in [0.1, 0.15) is 6.10 Å². The Bertz CT molecular complexity index is 464. The molecule has 27 heavy (non-hydrogen) atoms. The molecule has 1 saturated carbocycles. The molecule has 11 N–H and O–H groups in total. The van der Waals surface area contributed by atoms with E-state index in [1.165, 1.54) is 0 Å². The first-order valence-electron chi connectivity index (χ1n) is 8.25. The van der Waals surface area contributed by atoms with Crippen LogP contribution >= 0.6 is 0 Å². The molecule has 0 aromatic heterocycles. The van der Waals surface area contributed by atoms with Gasteiger partial charge in [-0.2, -0.15) is 0 Å². The number of hydrogen-bond donors (Lipinski definition) is 11. The van der Waals surface area contributed by atoms with Gasteiger partial charge in [-0.25, -0.2) is 0 Å². The fourth-order valence-corrected chi connectivity index (χ4v) is 2.93. The fourth-order valence-electron chi connectivity index (χ4n) is 2.93. The van der Waals surface area contributed by atoms with Gasteiger partial charge in [0.2, 0.25) is 0 Å². The van der Waals surface area contributed by atoms with Crippen LogP contribution < -0.4 is 16.0 Å². The Morgan fingerprint density at radius 3 is 1.44 bits per heavy atom. The molecule has 0 amide bonds. The second-order valence-corrected chi connectivity index (χ2v) is 6.32. The molecule has 1 rings (SSSR count). The van der Waals surface area contributed by atoms with E-state index in [-0.39, 0.29) is 6.54 Å². The van der Waals surface area contributed by atoms with Crippen LogP contribution in [0.2, 0.25) is 0 Å². The molecule has 1 aliphatic rings. The highest BCUT2D eigenvalue weighted by atomic mass is 16.4. The smallest absolute Gasteiger partial charge is 0.317 e. The average molecular weight is 397 g/mol. The van der Waals surface area contributed by atoms with Gasteiger partial charge in [-0.05, 0) is 0 Å². The molecule has 13 heteroatoms. The van der Waals surface area contributed by atoms with Crippen LogP contribution in [0.1, 0.15) is 0 Å². The number of aliphatic hydroxyl groups excluding tert-OH is 6. The van der Waals surface area contributed by atoms with E-state index >= 15 is 0 Å². The lowest BCUT2D eigenvalue weighted by atomic mass is 9.79. The molecular weight excluding hydrogens is 370 g/mol. The van der Waals surface area contributed by atoms with Crippen LogP contribution in [0, 0.1) is 0 Å². The summed E-state index contributed by atoms with van der Waals surface area (Å²) < 4.78 is 0. The molecule has 0 heterocycles. The summed E-state index contributed by atoms with van der Waals surface area (Å²) in [4.78, 5) is 21.5. The lowest BCUT2D eigenvalue weighted by molar-refractivity contribution is -0.138. The van der Waals surface area contributed by atoms with E-state index in [0.29, 0.717) is 0 Å². The maximum absolute atomic E-state index is 10.8. The molecule has 0 aliphatic heterocycles.